The molecule has 5 nitrogen and oxygen atoms in total. The third kappa shape index (κ3) is 2.33. The minimum absolute atomic E-state index is 0.0196. The van der Waals surface area contributed by atoms with Crippen molar-refractivity contribution in [3.8, 4) is 0 Å². The summed E-state index contributed by atoms with van der Waals surface area (Å²) < 4.78 is 0. The number of nitrogens with one attached hydrogen (secondary N) is 3. The fourth-order valence-electron chi connectivity index (χ4n) is 2.50. The highest BCUT2D eigenvalue weighted by Gasteiger charge is 2.20. The molecule has 0 spiro atoms. The van der Waals surface area contributed by atoms with Crippen LogP contribution in [-0.2, 0) is 0 Å². The van der Waals surface area contributed by atoms with Gasteiger partial charge in [0, 0.05) is 6.20 Å². The molecule has 0 amide bonds. The molecule has 1 unspecified atom stereocenters. The molecule has 0 saturated heterocycles. The highest BCUT2D eigenvalue weighted by Crippen LogP contribution is 2.23. The topological polar surface area (TPSA) is 65.6 Å². The van der Waals surface area contributed by atoms with Gasteiger partial charge in [-0.25, -0.2) is 9.97 Å². The fraction of sp³-hybridized carbons (Fsp3) is 0.0625. The second kappa shape index (κ2) is 5.23. The highest BCUT2D eigenvalue weighted by atomic mass is 32.1. The van der Waals surface area contributed by atoms with Gasteiger partial charge in [-0.2, -0.15) is 0 Å². The number of hydrogen-bond acceptors (Lipinski definition) is 3. The number of rotatable bonds is 2. The predicted octanol–water partition coefficient (Wildman–Crippen LogP) is 2.52. The van der Waals surface area contributed by atoms with Crippen molar-refractivity contribution in [3.63, 3.8) is 0 Å². The quantitative estimate of drug-likeness (QED) is 0.635. The highest BCUT2D eigenvalue weighted by molar-refractivity contribution is 7.80. The number of pyridine rings is 1. The molecule has 0 fully saturated rings. The zero-order chi connectivity index (χ0) is 14.9. The normalized spacial score (nSPS) is 17.7. The van der Waals surface area contributed by atoms with E-state index in [2.05, 4.69) is 43.8 Å². The van der Waals surface area contributed by atoms with Crippen LogP contribution in [0.15, 0.2) is 54.7 Å². The molecule has 1 aromatic carbocycles. The Bertz CT molecular complexity index is 835. The largest absolute Gasteiger partial charge is 0.352 e. The van der Waals surface area contributed by atoms with Crippen LogP contribution in [0.1, 0.15) is 17.4 Å². The first kappa shape index (κ1) is 13.0. The minimum atomic E-state index is 0.0196. The summed E-state index contributed by atoms with van der Waals surface area (Å²) >= 11 is 5.32. The van der Waals surface area contributed by atoms with Crippen LogP contribution in [0, 0.1) is 0 Å². The lowest BCUT2D eigenvalue weighted by molar-refractivity contribution is 0.763. The molecule has 3 heterocycles. The minimum Gasteiger partial charge on any atom is -0.352 e. The summed E-state index contributed by atoms with van der Waals surface area (Å²) in [6.45, 7) is 0. The first-order chi connectivity index (χ1) is 10.8. The summed E-state index contributed by atoms with van der Waals surface area (Å²) in [6, 6.07) is 14.0. The molecular formula is C16H13N5S. The average Bonchev–Trinajstić information content (AvgIpc) is 2.99. The maximum Gasteiger partial charge on any atom is 0.178 e. The van der Waals surface area contributed by atoms with E-state index in [9.17, 15) is 0 Å². The standard InChI is InChI=1S/C16H13N5S/c22-16-19-12(10-5-2-1-3-6-10)9-13(20-16)15-18-11-7-4-8-17-14(11)21-15/h1-9,12H,(H,17,18,21)(H2,19,20,22). The van der Waals surface area contributed by atoms with E-state index >= 15 is 0 Å². The lowest BCUT2D eigenvalue weighted by atomic mass is 10.0. The molecule has 6 heteroatoms. The van der Waals surface area contributed by atoms with Crippen molar-refractivity contribution in [2.45, 2.75) is 6.04 Å². The van der Waals surface area contributed by atoms with Crippen LogP contribution in [0.5, 0.6) is 0 Å². The van der Waals surface area contributed by atoms with Crippen LogP contribution in [0.3, 0.4) is 0 Å². The first-order valence-electron chi connectivity index (χ1n) is 6.95. The van der Waals surface area contributed by atoms with E-state index in [1.165, 1.54) is 0 Å². The van der Waals surface area contributed by atoms with Gasteiger partial charge in [-0.05, 0) is 36.0 Å². The Kier molecular flexibility index (Phi) is 3.08. The molecule has 0 aliphatic carbocycles. The van der Waals surface area contributed by atoms with Gasteiger partial charge in [0.25, 0.3) is 0 Å². The number of benzene rings is 1. The van der Waals surface area contributed by atoms with Crippen molar-refractivity contribution in [3.05, 3.63) is 66.1 Å². The van der Waals surface area contributed by atoms with Crippen LogP contribution in [0.4, 0.5) is 0 Å². The van der Waals surface area contributed by atoms with Gasteiger partial charge in [0.2, 0.25) is 0 Å². The van der Waals surface area contributed by atoms with Crippen molar-refractivity contribution in [2.75, 3.05) is 0 Å². The first-order valence-corrected chi connectivity index (χ1v) is 7.36. The number of fused-ring (bicyclic) bond motifs is 1. The van der Waals surface area contributed by atoms with Gasteiger partial charge in [-0.3, -0.25) is 0 Å². The van der Waals surface area contributed by atoms with Crippen molar-refractivity contribution >= 4 is 34.2 Å². The van der Waals surface area contributed by atoms with E-state index in [0.717, 1.165) is 22.6 Å². The van der Waals surface area contributed by atoms with Crippen LogP contribution >= 0.6 is 12.2 Å². The molecule has 3 aromatic rings. The van der Waals surface area contributed by atoms with E-state index in [1.807, 2.05) is 30.3 Å². The number of H-pyrrole nitrogens is 1. The zero-order valence-corrected chi connectivity index (χ0v) is 12.4. The molecule has 4 rings (SSSR count). The van der Waals surface area contributed by atoms with Crippen molar-refractivity contribution < 1.29 is 0 Å². The lowest BCUT2D eigenvalue weighted by Gasteiger charge is -2.25. The fourth-order valence-corrected chi connectivity index (χ4v) is 2.74. The summed E-state index contributed by atoms with van der Waals surface area (Å²) in [6.07, 6.45) is 3.80. The molecule has 3 N–H and O–H groups in total. The zero-order valence-electron chi connectivity index (χ0n) is 11.6. The maximum absolute atomic E-state index is 5.32. The Balaban J connectivity index is 1.76. The molecule has 22 heavy (non-hydrogen) atoms. The maximum atomic E-state index is 5.32. The second-order valence-electron chi connectivity index (χ2n) is 5.03. The molecule has 1 atom stereocenters. The Labute approximate surface area is 132 Å². The van der Waals surface area contributed by atoms with Gasteiger partial charge < -0.3 is 15.6 Å². The summed E-state index contributed by atoms with van der Waals surface area (Å²) in [5.74, 6) is 0.735. The van der Waals surface area contributed by atoms with Gasteiger partial charge in [0.1, 0.15) is 0 Å². The van der Waals surface area contributed by atoms with Gasteiger partial charge in [-0.15, -0.1) is 0 Å². The average molecular weight is 307 g/mol. The predicted molar refractivity (Wildman–Crippen MR) is 89.9 cm³/mol. The van der Waals surface area contributed by atoms with E-state index in [0.29, 0.717) is 10.8 Å². The van der Waals surface area contributed by atoms with Gasteiger partial charge in [0.05, 0.1) is 17.3 Å². The Morgan fingerprint density at radius 1 is 1.05 bits per heavy atom. The van der Waals surface area contributed by atoms with E-state index < -0.39 is 0 Å². The summed E-state index contributed by atoms with van der Waals surface area (Å²) in [5.41, 5.74) is 3.61. The molecule has 108 valence electrons. The lowest BCUT2D eigenvalue weighted by Crippen LogP contribution is -2.40. The van der Waals surface area contributed by atoms with E-state index in [4.69, 9.17) is 12.2 Å². The molecule has 2 aromatic heterocycles. The SMILES string of the molecule is S=C1NC(c2nc3ncccc3[nH]2)=CC(c2ccccc2)N1. The van der Waals surface area contributed by atoms with Gasteiger partial charge >= 0.3 is 0 Å². The number of aromatic nitrogens is 3. The summed E-state index contributed by atoms with van der Waals surface area (Å²) in [5, 5.41) is 6.99. The molecule has 0 radical (unpaired) electrons. The number of nitrogens with zero attached hydrogens (tertiary/aromatic N) is 2. The van der Waals surface area contributed by atoms with Crippen LogP contribution in [0.25, 0.3) is 16.9 Å². The van der Waals surface area contributed by atoms with Crippen molar-refractivity contribution in [1.29, 1.82) is 0 Å². The van der Waals surface area contributed by atoms with Gasteiger partial charge in [0.15, 0.2) is 16.6 Å². The van der Waals surface area contributed by atoms with E-state index in [1.54, 1.807) is 6.20 Å². The van der Waals surface area contributed by atoms with Crippen molar-refractivity contribution in [1.82, 2.24) is 25.6 Å². The number of imidazole rings is 1. The number of hydrogen-bond donors (Lipinski definition) is 3. The summed E-state index contributed by atoms with van der Waals surface area (Å²) in [4.78, 5) is 12.0. The molecule has 1 aliphatic rings. The molecular weight excluding hydrogens is 294 g/mol. The third-order valence-electron chi connectivity index (χ3n) is 3.54. The van der Waals surface area contributed by atoms with Crippen molar-refractivity contribution in [2.24, 2.45) is 0 Å². The smallest absolute Gasteiger partial charge is 0.178 e. The molecule has 0 bridgehead atoms. The number of thiocarbonyl (C=S) groups is 1. The van der Waals surface area contributed by atoms with Gasteiger partial charge in [-0.1, -0.05) is 30.3 Å². The van der Waals surface area contributed by atoms with E-state index in [-0.39, 0.29) is 6.04 Å². The van der Waals surface area contributed by atoms with Crippen LogP contribution in [-0.4, -0.2) is 20.1 Å². The third-order valence-corrected chi connectivity index (χ3v) is 3.76. The Morgan fingerprint density at radius 3 is 2.73 bits per heavy atom. The molecule has 0 saturated carbocycles. The van der Waals surface area contributed by atoms with Crippen LogP contribution in [0.2, 0.25) is 0 Å². The monoisotopic (exact) mass is 307 g/mol. The van der Waals surface area contributed by atoms with Crippen LogP contribution < -0.4 is 10.6 Å². The Morgan fingerprint density at radius 2 is 1.91 bits per heavy atom. The molecule has 1 aliphatic heterocycles. The Hall–Kier alpha value is -2.73. The number of aromatic amines is 1. The second-order valence-corrected chi connectivity index (χ2v) is 5.44. The summed E-state index contributed by atoms with van der Waals surface area (Å²) in [7, 11) is 0.